The number of carboxylic acids is 1. The van der Waals surface area contributed by atoms with Crippen molar-refractivity contribution in [2.75, 3.05) is 0 Å². The summed E-state index contributed by atoms with van der Waals surface area (Å²) in [6, 6.07) is 0. The fraction of sp³-hybridized carbons (Fsp3) is 0.947. The van der Waals surface area contributed by atoms with Crippen molar-refractivity contribution < 1.29 is 9.90 Å². The molecule has 0 aromatic heterocycles. The van der Waals surface area contributed by atoms with E-state index in [9.17, 15) is 4.79 Å². The minimum Gasteiger partial charge on any atom is -0.481 e. The third-order valence-electron chi connectivity index (χ3n) is 3.49. The first-order valence-corrected chi connectivity index (χ1v) is 9.40. The third-order valence-corrected chi connectivity index (χ3v) is 3.49. The highest BCUT2D eigenvalue weighted by atomic mass is 16.4. The zero-order valence-corrected chi connectivity index (χ0v) is 15.0. The summed E-state index contributed by atoms with van der Waals surface area (Å²) in [5, 5.41) is 8.49. The highest BCUT2D eigenvalue weighted by Crippen LogP contribution is 2.12. The second-order valence-electron chi connectivity index (χ2n) is 6.09. The molecule has 0 heterocycles. The maximum Gasteiger partial charge on any atom is 0.303 e. The van der Waals surface area contributed by atoms with Crippen LogP contribution in [0, 0.1) is 0 Å². The molecule has 2 nitrogen and oxygen atoms in total. The zero-order chi connectivity index (χ0) is 16.2. The Balaban J connectivity index is 0. The number of carbonyl (C=O) groups is 1. The molecule has 1 N–H and O–H groups in total. The van der Waals surface area contributed by atoms with E-state index in [0.717, 1.165) is 12.8 Å². The number of hydrogen-bond donors (Lipinski definition) is 1. The van der Waals surface area contributed by atoms with Gasteiger partial charge >= 0.3 is 5.97 Å². The molecule has 0 aromatic carbocycles. The van der Waals surface area contributed by atoms with Crippen LogP contribution in [-0.2, 0) is 4.79 Å². The van der Waals surface area contributed by atoms with Crippen LogP contribution in [0.25, 0.3) is 0 Å². The normalized spacial score (nSPS) is 10.0. The summed E-state index contributed by atoms with van der Waals surface area (Å²) in [5.74, 6) is -0.655. The third kappa shape index (κ3) is 28.4. The summed E-state index contributed by atoms with van der Waals surface area (Å²) in [6.07, 6.45) is 18.5. The molecule has 0 radical (unpaired) electrons. The summed E-state index contributed by atoms with van der Waals surface area (Å²) in [6.45, 7) is 6.51. The topological polar surface area (TPSA) is 37.3 Å². The molecule has 0 atom stereocenters. The SMILES string of the molecule is CCC.CCCCCCCCCCCCCCCC(=O)O. The van der Waals surface area contributed by atoms with Gasteiger partial charge in [-0.25, -0.2) is 0 Å². The van der Waals surface area contributed by atoms with E-state index in [4.69, 9.17) is 5.11 Å². The Hall–Kier alpha value is -0.530. The van der Waals surface area contributed by atoms with Gasteiger partial charge in [-0.2, -0.15) is 0 Å². The summed E-state index contributed by atoms with van der Waals surface area (Å²) in [4.78, 5) is 10.3. The van der Waals surface area contributed by atoms with Crippen molar-refractivity contribution in [1.82, 2.24) is 0 Å². The van der Waals surface area contributed by atoms with Crippen molar-refractivity contribution in [3.05, 3.63) is 0 Å². The van der Waals surface area contributed by atoms with Gasteiger partial charge in [-0.05, 0) is 6.42 Å². The fourth-order valence-electron chi connectivity index (χ4n) is 2.29. The Morgan fingerprint density at radius 2 is 0.905 bits per heavy atom. The molecular weight excluding hydrogens is 260 g/mol. The molecule has 2 heteroatoms. The van der Waals surface area contributed by atoms with Crippen LogP contribution in [0.1, 0.15) is 117 Å². The average molecular weight is 301 g/mol. The lowest BCUT2D eigenvalue weighted by molar-refractivity contribution is -0.137. The minimum atomic E-state index is -0.655. The Morgan fingerprint density at radius 3 is 1.19 bits per heavy atom. The Kier molecular flexibility index (Phi) is 23.6. The Bertz CT molecular complexity index is 190. The number of carboxylic acid groups (broad SMARTS) is 1. The van der Waals surface area contributed by atoms with Crippen molar-refractivity contribution in [1.29, 1.82) is 0 Å². The van der Waals surface area contributed by atoms with E-state index in [1.54, 1.807) is 0 Å². The van der Waals surface area contributed by atoms with E-state index in [1.807, 2.05) is 0 Å². The Morgan fingerprint density at radius 1 is 0.619 bits per heavy atom. The molecule has 0 aliphatic rings. The first-order valence-electron chi connectivity index (χ1n) is 9.40. The molecule has 128 valence electrons. The number of rotatable bonds is 14. The highest BCUT2D eigenvalue weighted by molar-refractivity contribution is 5.66. The summed E-state index contributed by atoms with van der Waals surface area (Å²) in [7, 11) is 0. The molecule has 0 spiro atoms. The molecule has 0 aliphatic carbocycles. The molecule has 21 heavy (non-hydrogen) atoms. The molecular formula is C19H40O2. The number of aliphatic carboxylic acids is 1. The smallest absolute Gasteiger partial charge is 0.303 e. The standard InChI is InChI=1S/C16H32O2.C3H8/c1-2-3-4-5-6-7-8-9-10-11-12-13-14-15-16(17)18;1-3-2/h2-15H2,1H3,(H,17,18);3H2,1-2H3. The number of unbranched alkanes of at least 4 members (excludes halogenated alkanes) is 12. The molecule has 0 rings (SSSR count). The van der Waals surface area contributed by atoms with Gasteiger partial charge in [0, 0.05) is 6.42 Å². The average Bonchev–Trinajstić information content (AvgIpc) is 2.44. The summed E-state index contributed by atoms with van der Waals surface area (Å²) < 4.78 is 0. The molecule has 0 amide bonds. The van der Waals surface area contributed by atoms with Crippen molar-refractivity contribution in [2.24, 2.45) is 0 Å². The summed E-state index contributed by atoms with van der Waals surface area (Å²) >= 11 is 0. The van der Waals surface area contributed by atoms with Crippen molar-refractivity contribution >= 4 is 5.97 Å². The van der Waals surface area contributed by atoms with Crippen LogP contribution >= 0.6 is 0 Å². The second-order valence-corrected chi connectivity index (χ2v) is 6.09. The lowest BCUT2D eigenvalue weighted by atomic mass is 10.0. The fourth-order valence-corrected chi connectivity index (χ4v) is 2.29. The van der Waals surface area contributed by atoms with E-state index in [2.05, 4.69) is 20.8 Å². The molecule has 0 aromatic rings. The molecule has 0 saturated carbocycles. The van der Waals surface area contributed by atoms with Crippen molar-refractivity contribution in [3.63, 3.8) is 0 Å². The minimum absolute atomic E-state index is 0.345. The number of hydrogen-bond acceptors (Lipinski definition) is 1. The predicted octanol–water partition coefficient (Wildman–Crippen LogP) is 6.97. The van der Waals surface area contributed by atoms with Crippen LogP contribution in [0.2, 0.25) is 0 Å². The van der Waals surface area contributed by atoms with E-state index in [0.29, 0.717) is 6.42 Å². The second kappa shape index (κ2) is 21.8. The monoisotopic (exact) mass is 300 g/mol. The van der Waals surface area contributed by atoms with Crippen LogP contribution in [0.4, 0.5) is 0 Å². The van der Waals surface area contributed by atoms with E-state index >= 15 is 0 Å². The largest absolute Gasteiger partial charge is 0.481 e. The van der Waals surface area contributed by atoms with Crippen LogP contribution < -0.4 is 0 Å². The first-order chi connectivity index (χ1) is 10.2. The van der Waals surface area contributed by atoms with E-state index < -0.39 is 5.97 Å². The van der Waals surface area contributed by atoms with E-state index in [-0.39, 0.29) is 0 Å². The van der Waals surface area contributed by atoms with Gasteiger partial charge in [0.1, 0.15) is 0 Å². The molecule has 0 fully saturated rings. The van der Waals surface area contributed by atoms with Gasteiger partial charge in [-0.3, -0.25) is 4.79 Å². The lowest BCUT2D eigenvalue weighted by Crippen LogP contribution is -1.93. The Labute approximate surface area is 133 Å². The van der Waals surface area contributed by atoms with Crippen LogP contribution in [0.3, 0.4) is 0 Å². The maximum absolute atomic E-state index is 10.3. The van der Waals surface area contributed by atoms with Crippen molar-refractivity contribution in [2.45, 2.75) is 117 Å². The van der Waals surface area contributed by atoms with Gasteiger partial charge < -0.3 is 5.11 Å². The molecule has 0 bridgehead atoms. The van der Waals surface area contributed by atoms with Crippen LogP contribution in [-0.4, -0.2) is 11.1 Å². The maximum atomic E-state index is 10.3. The quantitative estimate of drug-likeness (QED) is 0.352. The predicted molar refractivity (Wildman–Crippen MR) is 93.9 cm³/mol. The molecule has 0 aliphatic heterocycles. The first kappa shape index (κ1) is 22.7. The van der Waals surface area contributed by atoms with Gasteiger partial charge in [-0.1, -0.05) is 104 Å². The zero-order valence-electron chi connectivity index (χ0n) is 15.0. The van der Waals surface area contributed by atoms with Gasteiger partial charge in [0.15, 0.2) is 0 Å². The van der Waals surface area contributed by atoms with Crippen molar-refractivity contribution in [3.8, 4) is 0 Å². The molecule has 0 unspecified atom stereocenters. The van der Waals surface area contributed by atoms with Gasteiger partial charge in [0.05, 0.1) is 0 Å². The highest BCUT2D eigenvalue weighted by Gasteiger charge is 1.96. The van der Waals surface area contributed by atoms with Gasteiger partial charge in [0.2, 0.25) is 0 Å². The summed E-state index contributed by atoms with van der Waals surface area (Å²) in [5.41, 5.74) is 0. The van der Waals surface area contributed by atoms with Gasteiger partial charge in [-0.15, -0.1) is 0 Å². The van der Waals surface area contributed by atoms with E-state index in [1.165, 1.54) is 77.0 Å². The lowest BCUT2D eigenvalue weighted by Gasteiger charge is -2.02. The van der Waals surface area contributed by atoms with Gasteiger partial charge in [0.25, 0.3) is 0 Å². The van der Waals surface area contributed by atoms with Crippen LogP contribution in [0.5, 0.6) is 0 Å². The van der Waals surface area contributed by atoms with Crippen LogP contribution in [0.15, 0.2) is 0 Å². The molecule has 0 saturated heterocycles.